The van der Waals surface area contributed by atoms with Crippen molar-refractivity contribution < 1.29 is 116 Å². The molecule has 4 aliphatic rings. The first-order valence-corrected chi connectivity index (χ1v) is 22.9. The minimum atomic E-state index is -2.79. The highest BCUT2D eigenvalue weighted by Crippen LogP contribution is 2.76. The Labute approximate surface area is 393 Å². The molecule has 14 atom stereocenters. The third kappa shape index (κ3) is 11.2. The molecule has 23 nitrogen and oxygen atoms in total. The van der Waals surface area contributed by atoms with Gasteiger partial charge in [-0.1, -0.05) is 27.2 Å². The maximum absolute atomic E-state index is 14.7. The Morgan fingerprint density at radius 3 is 1.43 bits per heavy atom. The van der Waals surface area contributed by atoms with Crippen molar-refractivity contribution >= 4 is 5.97 Å². The van der Waals surface area contributed by atoms with Gasteiger partial charge in [0.15, 0.2) is 28.8 Å². The number of carbonyl (C=O) groups excluding carboxylic acids is 1. The van der Waals surface area contributed by atoms with Crippen molar-refractivity contribution in [3.05, 3.63) is 46.1 Å². The summed E-state index contributed by atoms with van der Waals surface area (Å²) in [6.45, 7) is 5.01. The molecule has 18 N–H and O–H groups in total. The van der Waals surface area contributed by atoms with Crippen molar-refractivity contribution in [2.24, 2.45) is 33.5 Å². The molecule has 0 aromatic rings. The lowest BCUT2D eigenvalue weighted by atomic mass is 9.41. The van der Waals surface area contributed by atoms with Crippen LogP contribution in [0.4, 0.5) is 0 Å². The van der Waals surface area contributed by atoms with Gasteiger partial charge in [-0.2, -0.15) is 0 Å². The third-order valence-electron chi connectivity index (χ3n) is 15.3. The summed E-state index contributed by atoms with van der Waals surface area (Å²) >= 11 is 0. The molecule has 0 saturated heterocycles. The minimum absolute atomic E-state index is 0.0358. The molecule has 2 bridgehead atoms. The molecule has 0 heterocycles. The first-order valence-electron chi connectivity index (χ1n) is 22.9. The predicted molar refractivity (Wildman–Crippen MR) is 232 cm³/mol. The topological polar surface area (TPSA) is 418 Å². The molecule has 23 heteroatoms. The molecule has 0 aromatic heterocycles. The lowest BCUT2D eigenvalue weighted by molar-refractivity contribution is -0.237. The van der Waals surface area contributed by atoms with Gasteiger partial charge in [-0.3, -0.25) is 4.79 Å². The van der Waals surface area contributed by atoms with E-state index in [0.717, 1.165) is 0 Å². The van der Waals surface area contributed by atoms with E-state index in [1.54, 1.807) is 6.92 Å². The monoisotopic (exact) mass is 982 g/mol. The largest absolute Gasteiger partial charge is 0.506 e. The number of aliphatic hydroxyl groups excluding tert-OH is 18. The van der Waals surface area contributed by atoms with Crippen LogP contribution in [0.1, 0.15) is 111 Å². The van der Waals surface area contributed by atoms with Gasteiger partial charge in [0.05, 0.1) is 11.0 Å². The van der Waals surface area contributed by atoms with Crippen LogP contribution in [-0.2, 0) is 23.7 Å². The average Bonchev–Trinajstić information content (AvgIpc) is 3.43. The van der Waals surface area contributed by atoms with Crippen LogP contribution in [0.15, 0.2) is 46.1 Å². The molecule has 0 radical (unpaired) electrons. The summed E-state index contributed by atoms with van der Waals surface area (Å²) in [6, 6.07) is 0. The quantitative estimate of drug-likeness (QED) is 0.0357. The Balaban J connectivity index is 1.72. The molecule has 0 amide bonds. The van der Waals surface area contributed by atoms with E-state index in [0.29, 0.717) is 51.4 Å². The molecular weight excluding hydrogens is 908 g/mol. The van der Waals surface area contributed by atoms with Gasteiger partial charge < -0.3 is 111 Å². The molecule has 4 rings (SSSR count). The second-order valence-electron chi connectivity index (χ2n) is 19.9. The van der Waals surface area contributed by atoms with Crippen LogP contribution in [0, 0.1) is 33.5 Å². The second kappa shape index (κ2) is 22.6. The fourth-order valence-corrected chi connectivity index (χ4v) is 11.9. The third-order valence-corrected chi connectivity index (χ3v) is 15.3. The molecule has 0 aromatic carbocycles. The van der Waals surface area contributed by atoms with Crippen LogP contribution in [-0.4, -0.2) is 179 Å². The standard InChI is InChI=1S/C45H74O23/c1-41(2)20-44-14-6-26-42(3,27(44)7-15-45(41,21-44)68-38(62)33(59)30(56)24(52)10-18-48)12-5-13-43(26,4)40(64)67-39(63)35(66-37(61)32(58)29(55)23(51)9-17-47)34(25(53)11-19-49)65-36(60)31(57)28(54)22(50)8-16-46/h22-27,36-39,46-63H,5-21H2,1-4H3/b31-28+,32-29+,33-30-,35-34-/t22?,23?,24?,25?,26?,27-,36?,37?,38?,39?,42+,43+,44+,45-/m0/s1. The van der Waals surface area contributed by atoms with Crippen LogP contribution in [0.5, 0.6) is 0 Å². The van der Waals surface area contributed by atoms with Gasteiger partial charge in [-0.25, -0.2) is 0 Å². The Kier molecular flexibility index (Phi) is 18.9. The van der Waals surface area contributed by atoms with Gasteiger partial charge in [0, 0.05) is 52.1 Å². The highest BCUT2D eigenvalue weighted by atomic mass is 16.7. The summed E-state index contributed by atoms with van der Waals surface area (Å²) in [5, 5.41) is 186. The lowest BCUT2D eigenvalue weighted by Gasteiger charge is -2.64. The Morgan fingerprint density at radius 1 is 0.500 bits per heavy atom. The number of esters is 1. The zero-order chi connectivity index (χ0) is 51.3. The maximum atomic E-state index is 14.7. The van der Waals surface area contributed by atoms with Gasteiger partial charge in [0.25, 0.3) is 18.9 Å². The molecule has 9 unspecified atom stereocenters. The van der Waals surface area contributed by atoms with Crippen molar-refractivity contribution in [1.29, 1.82) is 0 Å². The van der Waals surface area contributed by atoms with Crippen molar-refractivity contribution in [1.82, 2.24) is 0 Å². The molecule has 4 fully saturated rings. The summed E-state index contributed by atoms with van der Waals surface area (Å²) in [4.78, 5) is 14.7. The number of ether oxygens (including phenoxy) is 4. The molecule has 0 aliphatic heterocycles. The maximum Gasteiger partial charge on any atom is 0.314 e. The van der Waals surface area contributed by atoms with Crippen molar-refractivity contribution in [2.45, 2.75) is 166 Å². The van der Waals surface area contributed by atoms with E-state index in [1.165, 1.54) is 0 Å². The fraction of sp³-hybridized carbons (Fsp3) is 0.800. The summed E-state index contributed by atoms with van der Waals surface area (Å²) in [5.41, 5.74) is -3.91. The van der Waals surface area contributed by atoms with E-state index >= 15 is 0 Å². The predicted octanol–water partition coefficient (Wildman–Crippen LogP) is 0.582. The molecule has 1 spiro atoms. The summed E-state index contributed by atoms with van der Waals surface area (Å²) < 4.78 is 22.4. The van der Waals surface area contributed by atoms with Crippen molar-refractivity contribution in [3.63, 3.8) is 0 Å². The van der Waals surface area contributed by atoms with E-state index in [2.05, 4.69) is 6.92 Å². The number of carbonyl (C=O) groups is 1. The van der Waals surface area contributed by atoms with Gasteiger partial charge in [0.1, 0.15) is 24.4 Å². The fourth-order valence-electron chi connectivity index (χ4n) is 11.9. The number of hydrogen-bond acceptors (Lipinski definition) is 23. The molecule has 392 valence electrons. The van der Waals surface area contributed by atoms with Crippen molar-refractivity contribution in [2.75, 3.05) is 26.4 Å². The molecule has 4 saturated carbocycles. The zero-order valence-electron chi connectivity index (χ0n) is 38.9. The smallest absolute Gasteiger partial charge is 0.314 e. The second-order valence-corrected chi connectivity index (χ2v) is 19.9. The average molecular weight is 983 g/mol. The first kappa shape index (κ1) is 56.9. The van der Waals surface area contributed by atoms with Crippen LogP contribution in [0.3, 0.4) is 0 Å². The minimum Gasteiger partial charge on any atom is -0.506 e. The normalized spacial score (nSPS) is 32.8. The highest BCUT2D eigenvalue weighted by molar-refractivity contribution is 5.77. The van der Waals surface area contributed by atoms with E-state index in [1.807, 2.05) is 13.8 Å². The van der Waals surface area contributed by atoms with E-state index in [4.69, 9.17) is 24.1 Å². The van der Waals surface area contributed by atoms with Gasteiger partial charge in [-0.15, -0.1) is 0 Å². The van der Waals surface area contributed by atoms with Gasteiger partial charge >= 0.3 is 5.97 Å². The number of fused-ring (bicyclic) bond motifs is 3. The van der Waals surface area contributed by atoms with E-state index in [9.17, 15) is 91.6 Å². The van der Waals surface area contributed by atoms with Gasteiger partial charge in [0.2, 0.25) is 23.6 Å². The highest BCUT2D eigenvalue weighted by Gasteiger charge is 2.72. The Morgan fingerprint density at radius 2 is 0.941 bits per heavy atom. The number of hydrogen-bond donors (Lipinski definition) is 18. The summed E-state index contributed by atoms with van der Waals surface area (Å²) in [6.07, 6.45) is -15.6. The summed E-state index contributed by atoms with van der Waals surface area (Å²) in [5.74, 6) is -11.5. The molecular formula is C45H74O23. The zero-order valence-corrected chi connectivity index (χ0v) is 38.9. The van der Waals surface area contributed by atoms with Crippen LogP contribution >= 0.6 is 0 Å². The molecule has 4 aliphatic carbocycles. The number of rotatable bonds is 24. The molecule has 68 heavy (non-hydrogen) atoms. The van der Waals surface area contributed by atoms with Crippen LogP contribution < -0.4 is 0 Å². The number of aliphatic hydroxyl groups is 18. The lowest BCUT2D eigenvalue weighted by Crippen LogP contribution is -2.60. The van der Waals surface area contributed by atoms with Crippen LogP contribution in [0.25, 0.3) is 0 Å². The van der Waals surface area contributed by atoms with E-state index in [-0.39, 0.29) is 18.8 Å². The Hall–Kier alpha value is -3.69. The van der Waals surface area contributed by atoms with E-state index < -0.39 is 180 Å². The Bertz CT molecular complexity index is 1870. The van der Waals surface area contributed by atoms with Crippen molar-refractivity contribution in [3.8, 4) is 0 Å². The summed E-state index contributed by atoms with van der Waals surface area (Å²) in [7, 11) is 0. The van der Waals surface area contributed by atoms with Crippen LogP contribution in [0.2, 0.25) is 0 Å². The first-order chi connectivity index (χ1) is 31.7. The SMILES string of the molecule is CC1(C)C[C@@]23CCC4[C@](C)(C(=O)OC(O)/C(OC(O)/C(O)=C(\O)C(O)CCO)=C(/OC(O)/C(O)=C(\O)C(O)CCO)C(O)CCO)CCC[C@@]4(C)[C@@H]2CC[C@]1(OC(O)/C(O)=C(/O)C(O)CCO)C3. The van der Waals surface area contributed by atoms with Gasteiger partial charge in [-0.05, 0) is 86.4 Å².